The highest BCUT2D eigenvalue weighted by Gasteiger charge is 2.12. The fourth-order valence-electron chi connectivity index (χ4n) is 1.73. The van der Waals surface area contributed by atoms with Gasteiger partial charge in [-0.2, -0.15) is 0 Å². The van der Waals surface area contributed by atoms with Crippen LogP contribution in [0.5, 0.6) is 5.75 Å². The molecule has 1 aromatic carbocycles. The number of hydrogen-bond acceptors (Lipinski definition) is 4. The smallest absolute Gasteiger partial charge is 0.201 e. The van der Waals surface area contributed by atoms with E-state index in [2.05, 4.69) is 5.32 Å². The second-order valence-corrected chi connectivity index (χ2v) is 4.87. The number of allylic oxidation sites excluding steroid dienone is 1. The molecule has 0 amide bonds. The van der Waals surface area contributed by atoms with Crippen molar-refractivity contribution in [2.45, 2.75) is 6.92 Å². The average Bonchev–Trinajstić information content (AvgIpc) is 2.85. The lowest BCUT2D eigenvalue weighted by molar-refractivity contribution is 0.104. The third kappa shape index (κ3) is 3.23. The summed E-state index contributed by atoms with van der Waals surface area (Å²) in [4.78, 5) is 12.5. The molecule has 2 N–H and O–H groups in total. The number of hydrogen-bond donors (Lipinski definition) is 2. The predicted molar refractivity (Wildman–Crippen MR) is 78.4 cm³/mol. The fourth-order valence-corrected chi connectivity index (χ4v) is 2.42. The van der Waals surface area contributed by atoms with Gasteiger partial charge in [0.15, 0.2) is 0 Å². The lowest BCUT2D eigenvalue weighted by Crippen LogP contribution is -2.12. The Labute approximate surface area is 116 Å². The fraction of sp³-hybridized carbons (Fsp3) is 0.133. The van der Waals surface area contributed by atoms with Gasteiger partial charge in [-0.1, -0.05) is 30.3 Å². The van der Waals surface area contributed by atoms with Crippen LogP contribution in [0, 0.1) is 0 Å². The minimum Gasteiger partial charge on any atom is -0.506 e. The zero-order chi connectivity index (χ0) is 13.7. The molecule has 2 rings (SSSR count). The zero-order valence-electron chi connectivity index (χ0n) is 10.6. The first-order valence-corrected chi connectivity index (χ1v) is 6.92. The Morgan fingerprint density at radius 3 is 2.63 bits per heavy atom. The Kier molecular flexibility index (Phi) is 4.36. The van der Waals surface area contributed by atoms with Crippen LogP contribution in [0.15, 0.2) is 47.9 Å². The molecule has 0 radical (unpaired) electrons. The molecule has 0 bridgehead atoms. The first-order chi connectivity index (χ1) is 9.22. The van der Waals surface area contributed by atoms with E-state index in [0.717, 1.165) is 17.8 Å². The van der Waals surface area contributed by atoms with Crippen molar-refractivity contribution in [1.82, 2.24) is 5.32 Å². The quantitative estimate of drug-likeness (QED) is 0.649. The molecule has 19 heavy (non-hydrogen) atoms. The number of carbonyl (C=O) groups excluding carboxylic acids is 1. The van der Waals surface area contributed by atoms with Crippen molar-refractivity contribution in [2.75, 3.05) is 6.54 Å². The van der Waals surface area contributed by atoms with Crippen molar-refractivity contribution in [2.24, 2.45) is 0 Å². The number of ketones is 1. The SMILES string of the molecule is CCN/C(=C\C(=O)c1sccc1O)c1ccccc1. The Bertz CT molecular complexity index is 587. The third-order valence-electron chi connectivity index (χ3n) is 2.60. The molecule has 0 saturated carbocycles. The Balaban J connectivity index is 2.32. The molecular weight excluding hydrogens is 258 g/mol. The van der Waals surface area contributed by atoms with E-state index in [9.17, 15) is 9.90 Å². The first-order valence-electron chi connectivity index (χ1n) is 6.04. The topological polar surface area (TPSA) is 49.3 Å². The van der Waals surface area contributed by atoms with Crippen molar-refractivity contribution in [3.05, 3.63) is 58.3 Å². The summed E-state index contributed by atoms with van der Waals surface area (Å²) in [5.74, 6) is -0.150. The summed E-state index contributed by atoms with van der Waals surface area (Å²) in [5, 5.41) is 14.4. The molecular formula is C15H15NO2S. The summed E-state index contributed by atoms with van der Waals surface area (Å²) in [5.41, 5.74) is 1.72. The average molecular weight is 273 g/mol. The van der Waals surface area contributed by atoms with Gasteiger partial charge in [0.2, 0.25) is 5.78 Å². The van der Waals surface area contributed by atoms with Crippen LogP contribution in [0.1, 0.15) is 22.2 Å². The maximum Gasteiger partial charge on any atom is 0.201 e. The predicted octanol–water partition coefficient (Wildman–Crippen LogP) is 3.29. The van der Waals surface area contributed by atoms with E-state index in [4.69, 9.17) is 0 Å². The minimum atomic E-state index is -0.188. The largest absolute Gasteiger partial charge is 0.506 e. The second-order valence-electron chi connectivity index (χ2n) is 3.95. The highest BCUT2D eigenvalue weighted by atomic mass is 32.1. The van der Waals surface area contributed by atoms with Gasteiger partial charge in [0.05, 0.1) is 0 Å². The Hall–Kier alpha value is -2.07. The molecule has 0 aliphatic heterocycles. The molecule has 3 nitrogen and oxygen atoms in total. The van der Waals surface area contributed by atoms with Crippen molar-refractivity contribution in [1.29, 1.82) is 0 Å². The van der Waals surface area contributed by atoms with Crippen molar-refractivity contribution in [3.63, 3.8) is 0 Å². The second kappa shape index (κ2) is 6.20. The molecule has 1 heterocycles. The number of benzene rings is 1. The summed E-state index contributed by atoms with van der Waals surface area (Å²) in [6.45, 7) is 2.70. The summed E-state index contributed by atoms with van der Waals surface area (Å²) >= 11 is 1.24. The van der Waals surface area contributed by atoms with Crippen molar-refractivity contribution < 1.29 is 9.90 Å². The standard InChI is InChI=1S/C15H15NO2S/c1-2-16-12(11-6-4-3-5-7-11)10-14(18)15-13(17)8-9-19-15/h3-10,16-17H,2H2,1H3/b12-10-. The summed E-state index contributed by atoms with van der Waals surface area (Å²) in [6, 6.07) is 11.2. The number of nitrogens with one attached hydrogen (secondary N) is 1. The van der Waals surface area contributed by atoms with Gasteiger partial charge in [-0.3, -0.25) is 4.79 Å². The van der Waals surface area contributed by atoms with E-state index in [1.54, 1.807) is 5.38 Å². The van der Waals surface area contributed by atoms with Crippen LogP contribution < -0.4 is 5.32 Å². The number of carbonyl (C=O) groups is 1. The minimum absolute atomic E-state index is 0.0372. The normalized spacial score (nSPS) is 11.3. The molecule has 1 aromatic heterocycles. The van der Waals surface area contributed by atoms with Gasteiger partial charge in [0.1, 0.15) is 10.6 Å². The molecule has 0 spiro atoms. The molecule has 4 heteroatoms. The van der Waals surface area contributed by atoms with E-state index in [1.807, 2.05) is 37.3 Å². The van der Waals surface area contributed by atoms with E-state index in [0.29, 0.717) is 4.88 Å². The van der Waals surface area contributed by atoms with E-state index in [-0.39, 0.29) is 11.5 Å². The Morgan fingerprint density at radius 2 is 2.05 bits per heavy atom. The number of rotatable bonds is 5. The summed E-state index contributed by atoms with van der Waals surface area (Å²) in [7, 11) is 0. The van der Waals surface area contributed by atoms with Gasteiger partial charge in [-0.05, 0) is 23.9 Å². The zero-order valence-corrected chi connectivity index (χ0v) is 11.4. The van der Waals surface area contributed by atoms with Crippen LogP contribution in [0.3, 0.4) is 0 Å². The molecule has 0 aliphatic carbocycles. The summed E-state index contributed by atoms with van der Waals surface area (Å²) in [6.07, 6.45) is 1.53. The van der Waals surface area contributed by atoms with E-state index >= 15 is 0 Å². The van der Waals surface area contributed by atoms with Crippen LogP contribution in [-0.2, 0) is 0 Å². The van der Waals surface area contributed by atoms with Gasteiger partial charge >= 0.3 is 0 Å². The summed E-state index contributed by atoms with van der Waals surface area (Å²) < 4.78 is 0. The molecule has 98 valence electrons. The lowest BCUT2D eigenvalue weighted by Gasteiger charge is -2.08. The van der Waals surface area contributed by atoms with Crippen LogP contribution in [0.4, 0.5) is 0 Å². The van der Waals surface area contributed by atoms with Crippen LogP contribution in [-0.4, -0.2) is 17.4 Å². The van der Waals surface area contributed by atoms with Crippen LogP contribution >= 0.6 is 11.3 Å². The van der Waals surface area contributed by atoms with Gasteiger partial charge in [-0.25, -0.2) is 0 Å². The maximum atomic E-state index is 12.1. The van der Waals surface area contributed by atoms with E-state index in [1.165, 1.54) is 23.5 Å². The monoisotopic (exact) mass is 273 g/mol. The van der Waals surface area contributed by atoms with Gasteiger partial charge in [0, 0.05) is 18.3 Å². The van der Waals surface area contributed by atoms with Crippen molar-refractivity contribution >= 4 is 22.8 Å². The molecule has 0 fully saturated rings. The van der Waals surface area contributed by atoms with Gasteiger partial charge < -0.3 is 10.4 Å². The highest BCUT2D eigenvalue weighted by molar-refractivity contribution is 7.12. The molecule has 2 aromatic rings. The molecule has 0 aliphatic rings. The molecule has 0 unspecified atom stereocenters. The van der Waals surface area contributed by atoms with Gasteiger partial charge in [-0.15, -0.1) is 11.3 Å². The maximum absolute atomic E-state index is 12.1. The molecule has 0 atom stereocenters. The number of thiophene rings is 1. The van der Waals surface area contributed by atoms with Gasteiger partial charge in [0.25, 0.3) is 0 Å². The highest BCUT2D eigenvalue weighted by Crippen LogP contribution is 2.25. The number of aromatic hydroxyl groups is 1. The first kappa shape index (κ1) is 13.4. The third-order valence-corrected chi connectivity index (χ3v) is 3.51. The lowest BCUT2D eigenvalue weighted by atomic mass is 10.1. The molecule has 0 saturated heterocycles. The van der Waals surface area contributed by atoms with E-state index < -0.39 is 0 Å². The van der Waals surface area contributed by atoms with Crippen LogP contribution in [0.25, 0.3) is 5.70 Å². The van der Waals surface area contributed by atoms with Crippen molar-refractivity contribution in [3.8, 4) is 5.75 Å². The Morgan fingerprint density at radius 1 is 1.32 bits per heavy atom. The van der Waals surface area contributed by atoms with Crippen LogP contribution in [0.2, 0.25) is 0 Å².